The van der Waals surface area contributed by atoms with Crippen LogP contribution < -0.4 is 4.74 Å². The van der Waals surface area contributed by atoms with Crippen LogP contribution >= 0.6 is 0 Å². The van der Waals surface area contributed by atoms with Crippen molar-refractivity contribution in [2.75, 3.05) is 7.11 Å². The maximum atomic E-state index is 12.5. The van der Waals surface area contributed by atoms with Crippen molar-refractivity contribution in [1.82, 2.24) is 4.98 Å². The molecule has 82 valence electrons. The van der Waals surface area contributed by atoms with Gasteiger partial charge < -0.3 is 20.0 Å². The normalized spacial score (nSPS) is 10.4. The van der Waals surface area contributed by atoms with Crippen LogP contribution in [-0.2, 0) is 0 Å². The highest BCUT2D eigenvalue weighted by Gasteiger charge is 2.30. The van der Waals surface area contributed by atoms with Gasteiger partial charge in [0, 0.05) is 0 Å². The topological polar surface area (TPSA) is 85.5 Å². The molecule has 1 N–H and O–H groups in total. The fourth-order valence-electron chi connectivity index (χ4n) is 1.05. The van der Waals surface area contributed by atoms with E-state index in [1.54, 1.807) is 0 Å². The van der Waals surface area contributed by atoms with Crippen molar-refractivity contribution in [1.29, 1.82) is 0 Å². The Labute approximate surface area is 82.3 Å². The smallest absolute Gasteiger partial charge is 0.376 e. The van der Waals surface area contributed by atoms with E-state index in [4.69, 9.17) is 5.11 Å². The molecule has 15 heavy (non-hydrogen) atoms. The van der Waals surface area contributed by atoms with Crippen molar-refractivity contribution in [2.45, 2.75) is 6.43 Å². The van der Waals surface area contributed by atoms with Gasteiger partial charge >= 0.3 is 5.82 Å². The van der Waals surface area contributed by atoms with Crippen LogP contribution in [0, 0.1) is 10.1 Å². The highest BCUT2D eigenvalue weighted by Crippen LogP contribution is 2.40. The lowest BCUT2D eigenvalue weighted by atomic mass is 10.2. The molecule has 1 aromatic rings. The zero-order chi connectivity index (χ0) is 11.6. The standard InChI is InChI=1S/C7H6F2N2O4/c1-15-5-3(12)2-10-7(11(13)14)4(5)6(8)9/h2,6,12H,1H3. The minimum Gasteiger partial charge on any atom is -0.502 e. The number of hydrogen-bond acceptors (Lipinski definition) is 5. The van der Waals surface area contributed by atoms with E-state index < -0.39 is 34.2 Å². The number of methoxy groups -OCH3 is 1. The number of ether oxygens (including phenoxy) is 1. The molecule has 0 spiro atoms. The lowest BCUT2D eigenvalue weighted by molar-refractivity contribution is -0.391. The first-order valence-corrected chi connectivity index (χ1v) is 3.67. The Bertz CT molecular complexity index is 397. The summed E-state index contributed by atoms with van der Waals surface area (Å²) in [6.45, 7) is 0. The van der Waals surface area contributed by atoms with E-state index in [2.05, 4.69) is 9.72 Å². The van der Waals surface area contributed by atoms with Crippen LogP contribution in [-0.4, -0.2) is 22.1 Å². The summed E-state index contributed by atoms with van der Waals surface area (Å²) in [5.74, 6) is -2.33. The van der Waals surface area contributed by atoms with Gasteiger partial charge in [-0.25, -0.2) is 8.78 Å². The third-order valence-corrected chi connectivity index (χ3v) is 1.62. The van der Waals surface area contributed by atoms with E-state index in [-0.39, 0.29) is 0 Å². The molecular formula is C7H6F2N2O4. The third kappa shape index (κ3) is 1.92. The van der Waals surface area contributed by atoms with Gasteiger partial charge in [0.25, 0.3) is 6.43 Å². The Balaban J connectivity index is 3.49. The van der Waals surface area contributed by atoms with E-state index in [0.29, 0.717) is 6.20 Å². The monoisotopic (exact) mass is 220 g/mol. The molecule has 0 bridgehead atoms. The molecule has 0 atom stereocenters. The minimum atomic E-state index is -3.15. The molecular weight excluding hydrogens is 214 g/mol. The van der Waals surface area contributed by atoms with E-state index in [1.165, 1.54) is 0 Å². The highest BCUT2D eigenvalue weighted by atomic mass is 19.3. The zero-order valence-electron chi connectivity index (χ0n) is 7.48. The minimum absolute atomic E-state index is 0.633. The molecule has 0 aliphatic heterocycles. The molecule has 0 aromatic carbocycles. The zero-order valence-corrected chi connectivity index (χ0v) is 7.48. The quantitative estimate of drug-likeness (QED) is 0.618. The maximum absolute atomic E-state index is 12.5. The molecule has 1 heterocycles. The summed E-state index contributed by atoms with van der Waals surface area (Å²) >= 11 is 0. The fraction of sp³-hybridized carbons (Fsp3) is 0.286. The molecule has 0 fully saturated rings. The predicted octanol–water partition coefficient (Wildman–Crippen LogP) is 1.64. The van der Waals surface area contributed by atoms with Crippen LogP contribution in [0.25, 0.3) is 0 Å². The molecule has 1 aromatic heterocycles. The second-order valence-corrected chi connectivity index (χ2v) is 2.47. The van der Waals surface area contributed by atoms with Crippen molar-refractivity contribution in [3.63, 3.8) is 0 Å². The first-order valence-electron chi connectivity index (χ1n) is 3.67. The Morgan fingerprint density at radius 1 is 1.67 bits per heavy atom. The van der Waals surface area contributed by atoms with E-state index >= 15 is 0 Å². The molecule has 0 amide bonds. The molecule has 0 saturated carbocycles. The first-order chi connectivity index (χ1) is 6.99. The van der Waals surface area contributed by atoms with Crippen molar-refractivity contribution in [3.8, 4) is 11.5 Å². The van der Waals surface area contributed by atoms with E-state index in [0.717, 1.165) is 7.11 Å². The van der Waals surface area contributed by atoms with Crippen LogP contribution in [0.1, 0.15) is 12.0 Å². The Morgan fingerprint density at radius 2 is 2.27 bits per heavy atom. The van der Waals surface area contributed by atoms with Crippen molar-refractivity contribution in [3.05, 3.63) is 21.9 Å². The number of rotatable bonds is 3. The Hall–Kier alpha value is -1.99. The number of hydrogen-bond donors (Lipinski definition) is 1. The third-order valence-electron chi connectivity index (χ3n) is 1.62. The van der Waals surface area contributed by atoms with E-state index in [1.807, 2.05) is 0 Å². The van der Waals surface area contributed by atoms with Crippen molar-refractivity contribution >= 4 is 5.82 Å². The number of aromatic nitrogens is 1. The number of aromatic hydroxyl groups is 1. The highest BCUT2D eigenvalue weighted by molar-refractivity contribution is 5.52. The van der Waals surface area contributed by atoms with Gasteiger partial charge in [-0.1, -0.05) is 0 Å². The molecule has 0 aliphatic carbocycles. The summed E-state index contributed by atoms with van der Waals surface area (Å²) in [5.41, 5.74) is -1.03. The fourth-order valence-corrected chi connectivity index (χ4v) is 1.05. The lowest BCUT2D eigenvalue weighted by Crippen LogP contribution is -2.02. The summed E-state index contributed by atoms with van der Waals surface area (Å²) < 4.78 is 29.4. The van der Waals surface area contributed by atoms with Gasteiger partial charge in [0.2, 0.25) is 5.75 Å². The van der Waals surface area contributed by atoms with Crippen molar-refractivity contribution in [2.24, 2.45) is 0 Å². The Kier molecular flexibility index (Phi) is 2.98. The molecule has 0 radical (unpaired) electrons. The van der Waals surface area contributed by atoms with Crippen molar-refractivity contribution < 1.29 is 23.5 Å². The lowest BCUT2D eigenvalue weighted by Gasteiger charge is -2.07. The summed E-state index contributed by atoms with van der Waals surface area (Å²) in [4.78, 5) is 12.4. The van der Waals surface area contributed by atoms with E-state index in [9.17, 15) is 18.9 Å². The molecule has 0 unspecified atom stereocenters. The van der Waals surface area contributed by atoms with Crippen LogP contribution in [0.4, 0.5) is 14.6 Å². The maximum Gasteiger partial charge on any atom is 0.376 e. The largest absolute Gasteiger partial charge is 0.502 e. The summed E-state index contributed by atoms with van der Waals surface area (Å²) in [6.07, 6.45) is -2.47. The summed E-state index contributed by atoms with van der Waals surface area (Å²) in [6, 6.07) is 0. The SMILES string of the molecule is COc1c(O)cnc([N+](=O)[O-])c1C(F)F. The number of halogens is 2. The van der Waals surface area contributed by atoms with Gasteiger partial charge in [0.15, 0.2) is 17.5 Å². The summed E-state index contributed by atoms with van der Waals surface area (Å²) in [7, 11) is 1.02. The van der Waals surface area contributed by atoms with Gasteiger partial charge in [-0.05, 0) is 9.91 Å². The number of pyridine rings is 1. The molecule has 0 aliphatic rings. The van der Waals surface area contributed by atoms with Crippen LogP contribution in [0.2, 0.25) is 0 Å². The van der Waals surface area contributed by atoms with Crippen LogP contribution in [0.5, 0.6) is 11.5 Å². The average molecular weight is 220 g/mol. The second-order valence-electron chi connectivity index (χ2n) is 2.47. The van der Waals surface area contributed by atoms with Gasteiger partial charge in [0.05, 0.1) is 7.11 Å². The number of nitro groups is 1. The molecule has 6 nitrogen and oxygen atoms in total. The van der Waals surface area contributed by atoms with Crippen LogP contribution in [0.15, 0.2) is 6.20 Å². The van der Waals surface area contributed by atoms with Gasteiger partial charge in [-0.3, -0.25) is 0 Å². The molecule has 1 rings (SSSR count). The second kappa shape index (κ2) is 4.03. The molecule has 8 heteroatoms. The van der Waals surface area contributed by atoms with Crippen LogP contribution in [0.3, 0.4) is 0 Å². The van der Waals surface area contributed by atoms with Gasteiger partial charge in [-0.2, -0.15) is 0 Å². The van der Waals surface area contributed by atoms with Gasteiger partial charge in [-0.15, -0.1) is 0 Å². The first kappa shape index (κ1) is 11.1. The average Bonchev–Trinajstić information content (AvgIpc) is 2.16. The molecule has 0 saturated heterocycles. The summed E-state index contributed by atoms with van der Waals surface area (Å²) in [5, 5.41) is 19.5. The number of nitrogens with zero attached hydrogens (tertiary/aromatic N) is 2. The Morgan fingerprint density at radius 3 is 2.67 bits per heavy atom. The predicted molar refractivity (Wildman–Crippen MR) is 44.1 cm³/mol. The van der Waals surface area contributed by atoms with Gasteiger partial charge in [0.1, 0.15) is 0 Å². The number of alkyl halides is 2.